The number of ether oxygens (including phenoxy) is 1. The Kier molecular flexibility index (Phi) is 13.4. The Morgan fingerprint density at radius 3 is 1.93 bits per heavy atom. The average molecular weight is 414 g/mol. The van der Waals surface area contributed by atoms with Gasteiger partial charge in [-0.25, -0.2) is 12.7 Å². The first-order chi connectivity index (χ1) is 12.4. The Bertz CT molecular complexity index is 588. The molecule has 27 heavy (non-hydrogen) atoms. The molecule has 0 aromatic rings. The quantitative estimate of drug-likeness (QED) is 0.445. The number of sulfonamides is 1. The molecule has 0 spiro atoms. The third-order valence-corrected chi connectivity index (χ3v) is 4.81. The number of piperidine rings is 1. The third kappa shape index (κ3) is 10.6. The summed E-state index contributed by atoms with van der Waals surface area (Å²) in [4.78, 5) is 0. The molecule has 0 radical (unpaired) electrons. The summed E-state index contributed by atoms with van der Waals surface area (Å²) in [6, 6.07) is 0. The fraction of sp³-hybridized carbons (Fsp3) is 0.684. The molecule has 0 atom stereocenters. The second-order valence-electron chi connectivity index (χ2n) is 5.85. The van der Waals surface area contributed by atoms with E-state index in [1.807, 2.05) is 13.8 Å². The summed E-state index contributed by atoms with van der Waals surface area (Å²) in [6.07, 6.45) is -0.934. The van der Waals surface area contributed by atoms with E-state index in [1.165, 1.54) is 17.6 Å². The van der Waals surface area contributed by atoms with E-state index in [0.29, 0.717) is 12.8 Å². The molecule has 1 saturated heterocycles. The first kappa shape index (κ1) is 27.9. The second kappa shape index (κ2) is 13.0. The van der Waals surface area contributed by atoms with Crippen molar-refractivity contribution in [2.45, 2.75) is 66.2 Å². The van der Waals surface area contributed by atoms with Gasteiger partial charge in [0.25, 0.3) is 0 Å². The maximum Gasteiger partial charge on any atom is 0.416 e. The van der Waals surface area contributed by atoms with E-state index in [0.717, 1.165) is 12.3 Å². The molecule has 0 saturated carbocycles. The van der Waals surface area contributed by atoms with Gasteiger partial charge < -0.3 is 4.74 Å². The lowest BCUT2D eigenvalue weighted by molar-refractivity contribution is -0.0892. The summed E-state index contributed by atoms with van der Waals surface area (Å²) >= 11 is 0. The van der Waals surface area contributed by atoms with Crippen LogP contribution in [0.1, 0.15) is 53.9 Å². The van der Waals surface area contributed by atoms with Crippen molar-refractivity contribution in [3.63, 3.8) is 0 Å². The molecule has 0 aromatic carbocycles. The predicted octanol–water partition coefficient (Wildman–Crippen LogP) is 5.45. The van der Waals surface area contributed by atoms with Gasteiger partial charge in [0.15, 0.2) is 0 Å². The Morgan fingerprint density at radius 1 is 1.22 bits per heavy atom. The van der Waals surface area contributed by atoms with Crippen LogP contribution in [-0.4, -0.2) is 44.3 Å². The van der Waals surface area contributed by atoms with E-state index >= 15 is 0 Å². The Labute approximate surface area is 162 Å². The molecule has 1 aliphatic heterocycles. The van der Waals surface area contributed by atoms with E-state index in [9.17, 15) is 21.6 Å². The number of halogens is 3. The maximum absolute atomic E-state index is 12.8. The van der Waals surface area contributed by atoms with Gasteiger partial charge in [-0.1, -0.05) is 53.3 Å². The first-order valence-corrected chi connectivity index (χ1v) is 10.9. The van der Waals surface area contributed by atoms with Crippen LogP contribution in [0.15, 0.2) is 36.1 Å². The number of rotatable bonds is 5. The minimum absolute atomic E-state index is 0.0648. The summed E-state index contributed by atoms with van der Waals surface area (Å²) in [6.45, 7) is 16.8. The highest BCUT2D eigenvalue weighted by Crippen LogP contribution is 2.32. The van der Waals surface area contributed by atoms with Crippen LogP contribution in [0.25, 0.3) is 0 Å². The monoisotopic (exact) mass is 413 g/mol. The van der Waals surface area contributed by atoms with E-state index in [2.05, 4.69) is 27.0 Å². The van der Waals surface area contributed by atoms with Crippen molar-refractivity contribution in [2.75, 3.05) is 19.3 Å². The molecule has 160 valence electrons. The highest BCUT2D eigenvalue weighted by molar-refractivity contribution is 7.88. The molecule has 1 fully saturated rings. The summed E-state index contributed by atoms with van der Waals surface area (Å²) in [7, 11) is -3.25. The topological polar surface area (TPSA) is 46.6 Å². The van der Waals surface area contributed by atoms with Crippen molar-refractivity contribution in [2.24, 2.45) is 0 Å². The van der Waals surface area contributed by atoms with Gasteiger partial charge in [-0.15, -0.1) is 0 Å². The zero-order chi connectivity index (χ0) is 21.8. The normalized spacial score (nSPS) is 16.8. The standard InChI is InChI=1S/C14H20F3NO3S.C3H8.C2H6/c1-5-13(14(15,16)17)10(2)11(3)21-12-6-8-18(9-7-12)22(4,19)20;1-3-2;1-2/h5,12H,1,3,6-9H2,2,4H3;3H2,1-2H3;1-2H3/b13-10+;;. The van der Waals surface area contributed by atoms with E-state index < -0.39 is 21.8 Å². The van der Waals surface area contributed by atoms with Crippen molar-refractivity contribution < 1.29 is 26.3 Å². The molecule has 1 heterocycles. The van der Waals surface area contributed by atoms with Crippen LogP contribution in [0.3, 0.4) is 0 Å². The summed E-state index contributed by atoms with van der Waals surface area (Å²) in [5.74, 6) is -0.0648. The zero-order valence-electron chi connectivity index (χ0n) is 17.3. The van der Waals surface area contributed by atoms with Crippen LogP contribution in [0, 0.1) is 0 Å². The van der Waals surface area contributed by atoms with Gasteiger partial charge in [0.2, 0.25) is 10.0 Å². The van der Waals surface area contributed by atoms with Crippen molar-refractivity contribution in [3.05, 3.63) is 36.1 Å². The lowest BCUT2D eigenvalue weighted by atomic mass is 10.1. The fourth-order valence-corrected chi connectivity index (χ4v) is 3.08. The molecular formula is C19H34F3NO3S. The van der Waals surface area contributed by atoms with Crippen LogP contribution in [0.4, 0.5) is 13.2 Å². The van der Waals surface area contributed by atoms with Crippen LogP contribution >= 0.6 is 0 Å². The van der Waals surface area contributed by atoms with Gasteiger partial charge in [-0.3, -0.25) is 0 Å². The largest absolute Gasteiger partial charge is 0.491 e. The van der Waals surface area contributed by atoms with Gasteiger partial charge in [-0.2, -0.15) is 13.2 Å². The SMILES string of the molecule is C=C/C(=C(/C)C(=C)OC1CCN(S(C)(=O)=O)CC1)C(F)(F)F.CC.CCC. The lowest BCUT2D eigenvalue weighted by Crippen LogP contribution is -2.40. The summed E-state index contributed by atoms with van der Waals surface area (Å²) < 4.78 is 67.9. The van der Waals surface area contributed by atoms with Gasteiger partial charge in [0.1, 0.15) is 11.9 Å². The highest BCUT2D eigenvalue weighted by atomic mass is 32.2. The van der Waals surface area contributed by atoms with Crippen LogP contribution in [-0.2, 0) is 14.8 Å². The Hall–Kier alpha value is -1.28. The van der Waals surface area contributed by atoms with Gasteiger partial charge in [0.05, 0.1) is 11.8 Å². The molecular weight excluding hydrogens is 379 g/mol. The Balaban J connectivity index is 0. The summed E-state index contributed by atoms with van der Waals surface area (Å²) in [5, 5.41) is 0. The molecule has 0 aliphatic carbocycles. The molecule has 0 unspecified atom stereocenters. The predicted molar refractivity (Wildman–Crippen MR) is 106 cm³/mol. The summed E-state index contributed by atoms with van der Waals surface area (Å²) in [5.41, 5.74) is -1.00. The number of alkyl halides is 3. The molecule has 0 aromatic heterocycles. The van der Waals surface area contributed by atoms with Gasteiger partial charge >= 0.3 is 6.18 Å². The van der Waals surface area contributed by atoms with Crippen molar-refractivity contribution in [3.8, 4) is 0 Å². The highest BCUT2D eigenvalue weighted by Gasteiger charge is 2.34. The van der Waals surface area contributed by atoms with E-state index in [-0.39, 0.29) is 30.5 Å². The van der Waals surface area contributed by atoms with Crippen molar-refractivity contribution in [1.82, 2.24) is 4.31 Å². The minimum atomic E-state index is -4.52. The molecule has 8 heteroatoms. The van der Waals surface area contributed by atoms with E-state index in [1.54, 1.807) is 0 Å². The van der Waals surface area contributed by atoms with E-state index in [4.69, 9.17) is 4.74 Å². The van der Waals surface area contributed by atoms with Crippen LogP contribution in [0.5, 0.6) is 0 Å². The van der Waals surface area contributed by atoms with Crippen LogP contribution < -0.4 is 0 Å². The molecule has 0 N–H and O–H groups in total. The average Bonchev–Trinajstić information content (AvgIpc) is 2.56. The first-order valence-electron chi connectivity index (χ1n) is 9.09. The molecule has 1 aliphatic rings. The molecule has 1 rings (SSSR count). The van der Waals surface area contributed by atoms with Crippen LogP contribution in [0.2, 0.25) is 0 Å². The molecule has 0 amide bonds. The van der Waals surface area contributed by atoms with Crippen molar-refractivity contribution >= 4 is 10.0 Å². The number of allylic oxidation sites excluding steroid dienone is 3. The minimum Gasteiger partial charge on any atom is -0.491 e. The second-order valence-corrected chi connectivity index (χ2v) is 7.83. The van der Waals surface area contributed by atoms with Gasteiger partial charge in [0, 0.05) is 18.7 Å². The molecule has 4 nitrogen and oxygen atoms in total. The lowest BCUT2D eigenvalue weighted by Gasteiger charge is -2.31. The van der Waals surface area contributed by atoms with Crippen molar-refractivity contribution in [1.29, 1.82) is 0 Å². The number of nitrogens with zero attached hydrogens (tertiary/aromatic N) is 1. The fourth-order valence-electron chi connectivity index (χ4n) is 2.20. The Morgan fingerprint density at radius 2 is 1.63 bits per heavy atom. The van der Waals surface area contributed by atoms with Gasteiger partial charge in [-0.05, 0) is 19.8 Å². The molecule has 0 bridgehead atoms. The smallest absolute Gasteiger partial charge is 0.416 e. The number of hydrogen-bond acceptors (Lipinski definition) is 3. The zero-order valence-corrected chi connectivity index (χ0v) is 18.1. The number of hydrogen-bond donors (Lipinski definition) is 0. The maximum atomic E-state index is 12.8. The third-order valence-electron chi connectivity index (χ3n) is 3.51.